The second kappa shape index (κ2) is 5.49. The lowest BCUT2D eigenvalue weighted by atomic mass is 9.89. The molecule has 0 unspecified atom stereocenters. The fourth-order valence-corrected chi connectivity index (χ4v) is 3.37. The molecule has 0 aromatic carbocycles. The van der Waals surface area contributed by atoms with Crippen LogP contribution in [0.4, 0.5) is 10.1 Å². The lowest BCUT2D eigenvalue weighted by Gasteiger charge is -2.31. The number of hydrogen-bond donors (Lipinski definition) is 2. The Balaban J connectivity index is 1.66. The first-order valence-corrected chi connectivity index (χ1v) is 8.03. The Morgan fingerprint density at radius 3 is 2.78 bits per heavy atom. The zero-order valence-corrected chi connectivity index (χ0v) is 12.7. The van der Waals surface area contributed by atoms with E-state index in [0.29, 0.717) is 18.5 Å². The number of amides is 1. The first-order valence-electron chi connectivity index (χ1n) is 8.03. The van der Waals surface area contributed by atoms with Gasteiger partial charge in [-0.25, -0.2) is 8.91 Å². The summed E-state index contributed by atoms with van der Waals surface area (Å²) in [6, 6.07) is 1.67. The highest BCUT2D eigenvalue weighted by Crippen LogP contribution is 2.28. The molecule has 0 atom stereocenters. The average molecular weight is 318 g/mol. The van der Waals surface area contributed by atoms with Gasteiger partial charge < -0.3 is 15.3 Å². The third-order valence-electron chi connectivity index (χ3n) is 4.74. The maximum Gasteiger partial charge on any atom is 0.255 e. The predicted molar refractivity (Wildman–Crippen MR) is 83.1 cm³/mol. The zero-order chi connectivity index (χ0) is 16.0. The second-order valence-electron chi connectivity index (χ2n) is 6.36. The number of fused-ring (bicyclic) bond motifs is 1. The normalized spacial score (nSPS) is 24.0. The Morgan fingerprint density at radius 2 is 2.09 bits per heavy atom. The molecule has 2 aliphatic rings. The summed E-state index contributed by atoms with van der Waals surface area (Å²) < 4.78 is 16.4. The molecule has 23 heavy (non-hydrogen) atoms. The number of pyridine rings is 1. The van der Waals surface area contributed by atoms with Crippen LogP contribution in [0.2, 0.25) is 0 Å². The van der Waals surface area contributed by atoms with Crippen LogP contribution in [-0.4, -0.2) is 45.9 Å². The Kier molecular flexibility index (Phi) is 3.45. The van der Waals surface area contributed by atoms with E-state index >= 15 is 0 Å². The van der Waals surface area contributed by atoms with E-state index in [2.05, 4.69) is 10.4 Å². The van der Waals surface area contributed by atoms with Crippen molar-refractivity contribution in [2.75, 3.05) is 18.0 Å². The van der Waals surface area contributed by atoms with Gasteiger partial charge in [0.1, 0.15) is 5.52 Å². The number of aliphatic hydroxyl groups is 1. The standard InChI is InChI=1S/C16H19FN4O2/c17-14-13(20-4-1-2-5-20)3-6-21-15(14)12(9-18-21)16(23)19-10-7-11(22)8-10/h3,6,9-11,22H,1-2,4-5,7-8H2,(H,19,23). The van der Waals surface area contributed by atoms with Gasteiger partial charge >= 0.3 is 0 Å². The molecule has 1 saturated heterocycles. The van der Waals surface area contributed by atoms with Gasteiger partial charge in [0.15, 0.2) is 5.82 Å². The van der Waals surface area contributed by atoms with Crippen molar-refractivity contribution in [1.29, 1.82) is 0 Å². The predicted octanol–water partition coefficient (Wildman–Crippen LogP) is 1.33. The minimum Gasteiger partial charge on any atom is -0.393 e. The Morgan fingerprint density at radius 1 is 1.35 bits per heavy atom. The van der Waals surface area contributed by atoms with Crippen LogP contribution in [0.3, 0.4) is 0 Å². The lowest BCUT2D eigenvalue weighted by molar-refractivity contribution is 0.0563. The van der Waals surface area contributed by atoms with Crippen molar-refractivity contribution < 1.29 is 14.3 Å². The summed E-state index contributed by atoms with van der Waals surface area (Å²) in [6.07, 6.45) is 5.95. The number of nitrogens with zero attached hydrogens (tertiary/aromatic N) is 3. The third kappa shape index (κ3) is 2.45. The van der Waals surface area contributed by atoms with Gasteiger partial charge in [0, 0.05) is 25.3 Å². The molecule has 1 saturated carbocycles. The topological polar surface area (TPSA) is 69.9 Å². The van der Waals surface area contributed by atoms with E-state index < -0.39 is 5.82 Å². The molecule has 2 N–H and O–H groups in total. The smallest absolute Gasteiger partial charge is 0.255 e. The molecule has 2 aromatic rings. The molecule has 1 aliphatic heterocycles. The fourth-order valence-electron chi connectivity index (χ4n) is 3.37. The molecule has 0 bridgehead atoms. The highest BCUT2D eigenvalue weighted by atomic mass is 19.1. The summed E-state index contributed by atoms with van der Waals surface area (Å²) in [5, 5.41) is 16.2. The molecule has 7 heteroatoms. The molecule has 3 heterocycles. The maximum absolute atomic E-state index is 14.9. The number of carbonyl (C=O) groups is 1. The van der Waals surface area contributed by atoms with Crippen LogP contribution < -0.4 is 10.2 Å². The number of hydrogen-bond acceptors (Lipinski definition) is 4. The van der Waals surface area contributed by atoms with Gasteiger partial charge in [-0.2, -0.15) is 5.10 Å². The summed E-state index contributed by atoms with van der Waals surface area (Å²) in [6.45, 7) is 1.67. The van der Waals surface area contributed by atoms with Crippen LogP contribution in [-0.2, 0) is 0 Å². The van der Waals surface area contributed by atoms with Gasteiger partial charge in [-0.05, 0) is 31.7 Å². The minimum absolute atomic E-state index is 0.0442. The number of carbonyl (C=O) groups excluding carboxylic acids is 1. The van der Waals surface area contributed by atoms with Crippen LogP contribution in [0.5, 0.6) is 0 Å². The first kappa shape index (κ1) is 14.4. The van der Waals surface area contributed by atoms with Gasteiger partial charge in [0.05, 0.1) is 23.6 Å². The highest BCUT2D eigenvalue weighted by Gasteiger charge is 2.30. The number of aromatic nitrogens is 2. The van der Waals surface area contributed by atoms with E-state index in [9.17, 15) is 14.3 Å². The van der Waals surface area contributed by atoms with Crippen LogP contribution >= 0.6 is 0 Å². The largest absolute Gasteiger partial charge is 0.393 e. The number of rotatable bonds is 3. The molecular formula is C16H19FN4O2. The summed E-state index contributed by atoms with van der Waals surface area (Å²) in [4.78, 5) is 14.4. The molecule has 0 radical (unpaired) electrons. The summed E-state index contributed by atoms with van der Waals surface area (Å²) in [5.41, 5.74) is 0.986. The van der Waals surface area contributed by atoms with Crippen molar-refractivity contribution in [3.05, 3.63) is 29.8 Å². The molecule has 122 valence electrons. The van der Waals surface area contributed by atoms with E-state index in [1.54, 1.807) is 12.3 Å². The first-order chi connectivity index (χ1) is 11.1. The molecule has 0 spiro atoms. The van der Waals surface area contributed by atoms with E-state index in [0.717, 1.165) is 25.9 Å². The number of anilines is 1. The lowest BCUT2D eigenvalue weighted by Crippen LogP contribution is -2.46. The van der Waals surface area contributed by atoms with Gasteiger partial charge in [0.2, 0.25) is 0 Å². The van der Waals surface area contributed by atoms with Crippen molar-refractivity contribution in [2.45, 2.75) is 37.8 Å². The molecule has 1 aliphatic carbocycles. The van der Waals surface area contributed by atoms with Crippen molar-refractivity contribution >= 4 is 17.1 Å². The maximum atomic E-state index is 14.9. The summed E-state index contributed by atoms with van der Waals surface area (Å²) in [5.74, 6) is -0.736. The summed E-state index contributed by atoms with van der Waals surface area (Å²) >= 11 is 0. The summed E-state index contributed by atoms with van der Waals surface area (Å²) in [7, 11) is 0. The molecule has 2 aromatic heterocycles. The molecule has 1 amide bonds. The van der Waals surface area contributed by atoms with Crippen molar-refractivity contribution in [3.8, 4) is 0 Å². The highest BCUT2D eigenvalue weighted by molar-refractivity contribution is 6.01. The third-order valence-corrected chi connectivity index (χ3v) is 4.74. The van der Waals surface area contributed by atoms with E-state index in [4.69, 9.17) is 0 Å². The molecular weight excluding hydrogens is 299 g/mol. The van der Waals surface area contributed by atoms with Gasteiger partial charge in [-0.3, -0.25) is 4.79 Å². The molecule has 2 fully saturated rings. The van der Waals surface area contributed by atoms with Crippen molar-refractivity contribution in [2.24, 2.45) is 0 Å². The monoisotopic (exact) mass is 318 g/mol. The molecule has 4 rings (SSSR count). The van der Waals surface area contributed by atoms with Gasteiger partial charge in [-0.1, -0.05) is 0 Å². The number of halogens is 1. The van der Waals surface area contributed by atoms with Crippen molar-refractivity contribution in [3.63, 3.8) is 0 Å². The quantitative estimate of drug-likeness (QED) is 0.896. The SMILES string of the molecule is O=C(NC1CC(O)C1)c1cnn2ccc(N3CCCC3)c(F)c12. The zero-order valence-electron chi connectivity index (χ0n) is 12.7. The average Bonchev–Trinajstić information content (AvgIpc) is 3.15. The fraction of sp³-hybridized carbons (Fsp3) is 0.500. The van der Waals surface area contributed by atoms with E-state index in [-0.39, 0.29) is 29.1 Å². The molecule has 6 nitrogen and oxygen atoms in total. The van der Waals surface area contributed by atoms with Gasteiger partial charge in [0.25, 0.3) is 5.91 Å². The Labute approximate surface area is 132 Å². The second-order valence-corrected chi connectivity index (χ2v) is 6.36. The minimum atomic E-state index is -0.398. The Bertz CT molecular complexity index is 748. The number of aliphatic hydroxyl groups excluding tert-OH is 1. The number of nitrogens with one attached hydrogen (secondary N) is 1. The van der Waals surface area contributed by atoms with Crippen LogP contribution in [0, 0.1) is 5.82 Å². The Hall–Kier alpha value is -2.15. The van der Waals surface area contributed by atoms with Crippen LogP contribution in [0.15, 0.2) is 18.5 Å². The van der Waals surface area contributed by atoms with Crippen LogP contribution in [0.25, 0.3) is 5.52 Å². The van der Waals surface area contributed by atoms with Gasteiger partial charge in [-0.15, -0.1) is 0 Å². The van der Waals surface area contributed by atoms with E-state index in [1.165, 1.54) is 10.7 Å². The van der Waals surface area contributed by atoms with E-state index in [1.807, 2.05) is 4.90 Å². The van der Waals surface area contributed by atoms with Crippen LogP contribution in [0.1, 0.15) is 36.0 Å². The van der Waals surface area contributed by atoms with Crippen molar-refractivity contribution in [1.82, 2.24) is 14.9 Å².